The van der Waals surface area contributed by atoms with Gasteiger partial charge in [0.1, 0.15) is 5.84 Å². The fourth-order valence-corrected chi connectivity index (χ4v) is 0.849. The number of nitrogens with one attached hydrogen (secondary N) is 1. The molecule has 0 spiro atoms. The van der Waals surface area contributed by atoms with Crippen molar-refractivity contribution in [1.82, 2.24) is 0 Å². The van der Waals surface area contributed by atoms with Crippen LogP contribution in [0.15, 0.2) is 10.3 Å². The highest BCUT2D eigenvalue weighted by atomic mass is 15.3. The molecule has 4 nitrogen and oxygen atoms in total. The first-order chi connectivity index (χ1) is 5.90. The Hall–Kier alpha value is -0.930. The molecule has 0 rings (SSSR count). The van der Waals surface area contributed by atoms with E-state index in [1.54, 1.807) is 0 Å². The van der Waals surface area contributed by atoms with E-state index < -0.39 is 0 Å². The topological polar surface area (TPSA) is 74.6 Å². The zero-order chi connectivity index (χ0) is 10.5. The molecule has 0 fully saturated rings. The minimum atomic E-state index is 0.246. The second kappa shape index (κ2) is 4.94. The second-order valence-electron chi connectivity index (χ2n) is 4.31. The van der Waals surface area contributed by atoms with Crippen molar-refractivity contribution >= 4 is 5.84 Å². The Labute approximate surface area is 80.1 Å². The fourth-order valence-electron chi connectivity index (χ4n) is 0.849. The molecule has 0 atom stereocenters. The van der Waals surface area contributed by atoms with Gasteiger partial charge in [0.2, 0.25) is 0 Å². The van der Waals surface area contributed by atoms with Gasteiger partial charge in [0, 0.05) is 6.42 Å². The Kier molecular flexibility index (Phi) is 4.59. The third-order valence-electron chi connectivity index (χ3n) is 2.75. The van der Waals surface area contributed by atoms with Crippen LogP contribution in [0.25, 0.3) is 0 Å². The van der Waals surface area contributed by atoms with E-state index in [0.29, 0.717) is 12.3 Å². The van der Waals surface area contributed by atoms with Crippen LogP contribution < -0.4 is 5.84 Å². The number of nitrogens with two attached hydrogens (primary N) is 1. The maximum absolute atomic E-state index is 7.37. The molecule has 13 heavy (non-hydrogen) atoms. The Balaban J connectivity index is 3.95. The zero-order valence-corrected chi connectivity index (χ0v) is 8.96. The van der Waals surface area contributed by atoms with E-state index >= 15 is 0 Å². The number of rotatable bonds is 4. The predicted octanol–water partition coefficient (Wildman–Crippen LogP) is 2.75. The minimum absolute atomic E-state index is 0.246. The SMILES string of the molecule is CC(C)C(C)(C)CCC(=N)N=NN. The quantitative estimate of drug-likeness (QED) is 0.228. The first-order valence-corrected chi connectivity index (χ1v) is 4.58. The molecular formula is C9H20N4. The summed E-state index contributed by atoms with van der Waals surface area (Å²) in [7, 11) is 0. The van der Waals surface area contributed by atoms with Crippen LogP contribution in [0.4, 0.5) is 0 Å². The van der Waals surface area contributed by atoms with Crippen molar-refractivity contribution in [2.24, 2.45) is 27.5 Å². The van der Waals surface area contributed by atoms with E-state index in [4.69, 9.17) is 11.3 Å². The molecule has 0 radical (unpaired) electrons. The number of hydrogen-bond acceptors (Lipinski definition) is 2. The van der Waals surface area contributed by atoms with Gasteiger partial charge < -0.3 is 5.84 Å². The van der Waals surface area contributed by atoms with Gasteiger partial charge in [-0.2, -0.15) is 0 Å². The van der Waals surface area contributed by atoms with Gasteiger partial charge in [-0.25, -0.2) is 0 Å². The van der Waals surface area contributed by atoms with Crippen LogP contribution in [0.2, 0.25) is 0 Å². The summed E-state index contributed by atoms with van der Waals surface area (Å²) in [6.45, 7) is 8.78. The Morgan fingerprint density at radius 1 is 1.46 bits per heavy atom. The lowest BCUT2D eigenvalue weighted by atomic mass is 9.77. The molecule has 0 aliphatic carbocycles. The van der Waals surface area contributed by atoms with E-state index in [-0.39, 0.29) is 11.3 Å². The lowest BCUT2D eigenvalue weighted by molar-refractivity contribution is 0.233. The molecule has 0 saturated heterocycles. The lowest BCUT2D eigenvalue weighted by Crippen LogP contribution is -2.19. The molecule has 0 aromatic carbocycles. The lowest BCUT2D eigenvalue weighted by Gasteiger charge is -2.28. The molecule has 0 amide bonds. The average Bonchev–Trinajstić information content (AvgIpc) is 2.01. The van der Waals surface area contributed by atoms with Crippen LogP contribution in [0.3, 0.4) is 0 Å². The van der Waals surface area contributed by atoms with Gasteiger partial charge in [0.15, 0.2) is 0 Å². The van der Waals surface area contributed by atoms with Gasteiger partial charge in [0.05, 0.1) is 0 Å². The van der Waals surface area contributed by atoms with Crippen molar-refractivity contribution in [3.8, 4) is 0 Å². The molecule has 0 heterocycles. The Morgan fingerprint density at radius 3 is 2.38 bits per heavy atom. The van der Waals surface area contributed by atoms with Crippen LogP contribution in [0, 0.1) is 16.7 Å². The third kappa shape index (κ3) is 4.60. The molecule has 0 aromatic heterocycles. The second-order valence-corrected chi connectivity index (χ2v) is 4.31. The van der Waals surface area contributed by atoms with Gasteiger partial charge in [-0.05, 0) is 17.8 Å². The minimum Gasteiger partial charge on any atom is -0.305 e. The molecule has 0 aliphatic heterocycles. The summed E-state index contributed by atoms with van der Waals surface area (Å²) in [6, 6.07) is 0. The molecule has 0 saturated carbocycles. The van der Waals surface area contributed by atoms with Gasteiger partial charge in [-0.1, -0.05) is 32.9 Å². The van der Waals surface area contributed by atoms with Gasteiger partial charge in [0.25, 0.3) is 0 Å². The third-order valence-corrected chi connectivity index (χ3v) is 2.75. The Morgan fingerprint density at radius 2 is 2.00 bits per heavy atom. The Bertz CT molecular complexity index is 194. The summed E-state index contributed by atoms with van der Waals surface area (Å²) in [5.41, 5.74) is 0.246. The standard InChI is InChI=1S/C9H20N4/c1-7(2)9(3,4)6-5-8(10)12-13-11/h7H,5-6H2,1-4H3,(H3,10,11,12). The zero-order valence-electron chi connectivity index (χ0n) is 8.96. The fraction of sp³-hybridized carbons (Fsp3) is 0.889. The molecule has 0 bridgehead atoms. The number of nitrogens with zero attached hydrogens (tertiary/aromatic N) is 2. The summed E-state index contributed by atoms with van der Waals surface area (Å²) in [5, 5.41) is 13.9. The van der Waals surface area contributed by atoms with E-state index in [9.17, 15) is 0 Å². The summed E-state index contributed by atoms with van der Waals surface area (Å²) < 4.78 is 0. The van der Waals surface area contributed by atoms with E-state index in [1.165, 1.54) is 0 Å². The summed E-state index contributed by atoms with van der Waals surface area (Å²) in [5.74, 6) is 5.71. The molecule has 3 N–H and O–H groups in total. The first kappa shape index (κ1) is 12.1. The summed E-state index contributed by atoms with van der Waals surface area (Å²) in [4.78, 5) is 0. The van der Waals surface area contributed by atoms with E-state index in [1.807, 2.05) is 0 Å². The highest BCUT2D eigenvalue weighted by Gasteiger charge is 2.22. The number of hydrogen-bond donors (Lipinski definition) is 2. The van der Waals surface area contributed by atoms with E-state index in [2.05, 4.69) is 38.0 Å². The maximum atomic E-state index is 7.37. The van der Waals surface area contributed by atoms with Crippen molar-refractivity contribution in [2.45, 2.75) is 40.5 Å². The number of amidine groups is 1. The molecule has 0 unspecified atom stereocenters. The van der Waals surface area contributed by atoms with Crippen LogP contribution in [0.5, 0.6) is 0 Å². The van der Waals surface area contributed by atoms with Gasteiger partial charge in [-0.3, -0.25) is 5.41 Å². The van der Waals surface area contributed by atoms with Crippen LogP contribution in [-0.4, -0.2) is 5.84 Å². The summed E-state index contributed by atoms with van der Waals surface area (Å²) in [6.07, 6.45) is 1.59. The smallest absolute Gasteiger partial charge is 0.145 e. The van der Waals surface area contributed by atoms with Crippen molar-refractivity contribution in [3.63, 3.8) is 0 Å². The highest BCUT2D eigenvalue weighted by Crippen LogP contribution is 2.31. The van der Waals surface area contributed by atoms with Gasteiger partial charge >= 0.3 is 0 Å². The van der Waals surface area contributed by atoms with Crippen LogP contribution in [0.1, 0.15) is 40.5 Å². The maximum Gasteiger partial charge on any atom is 0.145 e. The summed E-state index contributed by atoms with van der Waals surface area (Å²) >= 11 is 0. The van der Waals surface area contributed by atoms with Crippen molar-refractivity contribution in [1.29, 1.82) is 5.41 Å². The monoisotopic (exact) mass is 184 g/mol. The molecule has 0 aliphatic rings. The van der Waals surface area contributed by atoms with Crippen LogP contribution >= 0.6 is 0 Å². The van der Waals surface area contributed by atoms with Crippen molar-refractivity contribution in [3.05, 3.63) is 0 Å². The van der Waals surface area contributed by atoms with Crippen molar-refractivity contribution < 1.29 is 0 Å². The van der Waals surface area contributed by atoms with Crippen molar-refractivity contribution in [2.75, 3.05) is 0 Å². The molecule has 4 heteroatoms. The predicted molar refractivity (Wildman–Crippen MR) is 54.6 cm³/mol. The first-order valence-electron chi connectivity index (χ1n) is 4.58. The van der Waals surface area contributed by atoms with Crippen LogP contribution in [-0.2, 0) is 0 Å². The normalized spacial score (nSPS) is 12.7. The molecule has 76 valence electrons. The van der Waals surface area contributed by atoms with E-state index in [0.717, 1.165) is 6.42 Å². The molecule has 0 aromatic rings. The largest absolute Gasteiger partial charge is 0.305 e. The molecular weight excluding hydrogens is 164 g/mol. The van der Waals surface area contributed by atoms with Gasteiger partial charge in [-0.15, -0.1) is 5.11 Å². The average molecular weight is 184 g/mol. The highest BCUT2D eigenvalue weighted by molar-refractivity contribution is 5.79.